The molecule has 1 aliphatic heterocycles. The summed E-state index contributed by atoms with van der Waals surface area (Å²) in [7, 11) is 1.34. The van der Waals surface area contributed by atoms with Crippen LogP contribution >= 0.6 is 34.5 Å². The molecule has 4 aromatic rings. The van der Waals surface area contributed by atoms with Crippen molar-refractivity contribution in [2.75, 3.05) is 7.11 Å². The van der Waals surface area contributed by atoms with E-state index < -0.39 is 12.0 Å². The van der Waals surface area contributed by atoms with Crippen LogP contribution in [0, 0.1) is 0 Å². The van der Waals surface area contributed by atoms with E-state index in [0.717, 1.165) is 22.3 Å². The standard InChI is InChI=1S/C33H28Cl2N2O4S/c1-4-9-23-16-20(13-15-27(23)41-19-21-12-14-24(34)25(35)17-21)18-28-31(38)37-30(22-10-7-6-8-11-22)29(32(39)40-3)26(5-2)36-33(37)42-28/h4,6-8,10-18,30H,1,5,9,19H2,2-3H3/b28-18-/t30-/m0/s1. The molecule has 0 bridgehead atoms. The van der Waals surface area contributed by atoms with Crippen molar-refractivity contribution >= 4 is 46.6 Å². The van der Waals surface area contributed by atoms with Crippen LogP contribution in [0.1, 0.15) is 41.6 Å². The normalized spacial score (nSPS) is 14.8. The molecule has 0 N–H and O–H groups in total. The van der Waals surface area contributed by atoms with Crippen LogP contribution in [0.2, 0.25) is 10.0 Å². The van der Waals surface area contributed by atoms with E-state index in [1.165, 1.54) is 18.4 Å². The van der Waals surface area contributed by atoms with Gasteiger partial charge in [-0.15, -0.1) is 6.58 Å². The van der Waals surface area contributed by atoms with E-state index in [-0.39, 0.29) is 5.56 Å². The average Bonchev–Trinajstić information content (AvgIpc) is 3.31. The van der Waals surface area contributed by atoms with Crippen molar-refractivity contribution in [3.05, 3.63) is 143 Å². The van der Waals surface area contributed by atoms with Crippen LogP contribution in [-0.2, 0) is 22.6 Å². The van der Waals surface area contributed by atoms with Gasteiger partial charge in [0.05, 0.1) is 39.0 Å². The first-order valence-electron chi connectivity index (χ1n) is 13.3. The largest absolute Gasteiger partial charge is 0.489 e. The molecule has 0 saturated heterocycles. The summed E-state index contributed by atoms with van der Waals surface area (Å²) in [6.07, 6.45) is 4.75. The Morgan fingerprint density at radius 1 is 1.10 bits per heavy atom. The van der Waals surface area contributed by atoms with E-state index >= 15 is 0 Å². The monoisotopic (exact) mass is 618 g/mol. The van der Waals surface area contributed by atoms with E-state index in [4.69, 9.17) is 37.7 Å². The summed E-state index contributed by atoms with van der Waals surface area (Å²) in [5.74, 6) is 0.211. The van der Waals surface area contributed by atoms with Gasteiger partial charge >= 0.3 is 5.97 Å². The van der Waals surface area contributed by atoms with Crippen molar-refractivity contribution in [2.24, 2.45) is 4.99 Å². The van der Waals surface area contributed by atoms with Crippen molar-refractivity contribution in [1.82, 2.24) is 4.57 Å². The average molecular weight is 620 g/mol. The highest BCUT2D eigenvalue weighted by Crippen LogP contribution is 2.32. The van der Waals surface area contributed by atoms with Crippen LogP contribution in [0.25, 0.3) is 6.08 Å². The molecule has 0 aliphatic carbocycles. The molecule has 1 aromatic heterocycles. The van der Waals surface area contributed by atoms with Crippen LogP contribution in [0.3, 0.4) is 0 Å². The fourth-order valence-corrected chi connectivity index (χ4v) is 6.24. The molecule has 1 aliphatic rings. The molecule has 0 fully saturated rings. The summed E-state index contributed by atoms with van der Waals surface area (Å²) in [5, 5.41) is 0.963. The van der Waals surface area contributed by atoms with E-state index in [1.807, 2.05) is 67.6 Å². The number of nitrogens with zero attached hydrogens (tertiary/aromatic N) is 2. The number of carbonyl (C=O) groups excluding carboxylic acids is 1. The van der Waals surface area contributed by atoms with Gasteiger partial charge in [0.1, 0.15) is 12.4 Å². The molecule has 3 aromatic carbocycles. The van der Waals surface area contributed by atoms with Crippen LogP contribution in [0.4, 0.5) is 0 Å². The molecule has 0 amide bonds. The lowest BCUT2D eigenvalue weighted by Gasteiger charge is -2.25. The zero-order valence-electron chi connectivity index (χ0n) is 23.1. The first kappa shape index (κ1) is 29.6. The van der Waals surface area contributed by atoms with Crippen molar-refractivity contribution in [1.29, 1.82) is 0 Å². The molecule has 0 radical (unpaired) electrons. The molecule has 1 atom stereocenters. The van der Waals surface area contributed by atoms with E-state index in [2.05, 4.69) is 6.58 Å². The number of benzene rings is 3. The third kappa shape index (κ3) is 6.00. The zero-order valence-corrected chi connectivity index (χ0v) is 25.4. The van der Waals surface area contributed by atoms with Crippen LogP contribution < -0.4 is 19.6 Å². The number of aromatic nitrogens is 1. The minimum Gasteiger partial charge on any atom is -0.489 e. The Morgan fingerprint density at radius 2 is 1.88 bits per heavy atom. The SMILES string of the molecule is C=CCc1cc(/C=c2\sc3n(c2=O)[C@@H](c2ccccc2)C(C(=O)OC)=C(CC)N=3)ccc1OCc1ccc(Cl)c(Cl)c1. The molecule has 0 unspecified atom stereocenters. The van der Waals surface area contributed by atoms with Gasteiger partial charge in [-0.3, -0.25) is 9.36 Å². The molecule has 9 heteroatoms. The molecule has 42 heavy (non-hydrogen) atoms. The molecule has 0 saturated carbocycles. The van der Waals surface area contributed by atoms with Gasteiger partial charge in [0.15, 0.2) is 4.80 Å². The lowest BCUT2D eigenvalue weighted by Crippen LogP contribution is -2.40. The number of carbonyl (C=O) groups is 1. The van der Waals surface area contributed by atoms with E-state index in [1.54, 1.807) is 22.8 Å². The number of methoxy groups -OCH3 is 1. The van der Waals surface area contributed by atoms with Gasteiger partial charge in [0.2, 0.25) is 0 Å². The molecular formula is C33H28Cl2N2O4S. The van der Waals surface area contributed by atoms with Gasteiger partial charge in [-0.1, -0.05) is 90.0 Å². The Hall–Kier alpha value is -3.91. The molecule has 5 rings (SSSR count). The molecule has 6 nitrogen and oxygen atoms in total. The molecular weight excluding hydrogens is 591 g/mol. The molecule has 2 heterocycles. The van der Waals surface area contributed by atoms with Crippen LogP contribution in [-0.4, -0.2) is 17.6 Å². The first-order valence-corrected chi connectivity index (χ1v) is 14.9. The lowest BCUT2D eigenvalue weighted by molar-refractivity contribution is -0.136. The highest BCUT2D eigenvalue weighted by Gasteiger charge is 2.33. The van der Waals surface area contributed by atoms with E-state index in [9.17, 15) is 9.59 Å². The van der Waals surface area contributed by atoms with Crippen molar-refractivity contribution < 1.29 is 14.3 Å². The smallest absolute Gasteiger partial charge is 0.338 e. The summed E-state index contributed by atoms with van der Waals surface area (Å²) in [4.78, 5) is 32.1. The van der Waals surface area contributed by atoms with Gasteiger partial charge < -0.3 is 9.47 Å². The number of hydrogen-bond acceptors (Lipinski definition) is 6. The highest BCUT2D eigenvalue weighted by atomic mass is 35.5. The maximum Gasteiger partial charge on any atom is 0.338 e. The number of ether oxygens (including phenoxy) is 2. The van der Waals surface area contributed by atoms with Crippen molar-refractivity contribution in [2.45, 2.75) is 32.4 Å². The Bertz CT molecular complexity index is 1880. The fraction of sp³-hybridized carbons (Fsp3) is 0.182. The Labute approximate surface area is 257 Å². The number of halogens is 2. The topological polar surface area (TPSA) is 69.9 Å². The van der Waals surface area contributed by atoms with Gasteiger partial charge in [-0.05, 0) is 65.4 Å². The Balaban J connectivity index is 1.55. The summed E-state index contributed by atoms with van der Waals surface area (Å²) in [6.45, 7) is 6.14. The highest BCUT2D eigenvalue weighted by molar-refractivity contribution is 7.07. The second-order valence-electron chi connectivity index (χ2n) is 9.60. The number of fused-ring (bicyclic) bond motifs is 1. The van der Waals surface area contributed by atoms with Crippen LogP contribution in [0.5, 0.6) is 5.75 Å². The van der Waals surface area contributed by atoms with Crippen LogP contribution in [0.15, 0.2) is 100 Å². The maximum absolute atomic E-state index is 13.9. The van der Waals surface area contributed by atoms with Crippen molar-refractivity contribution in [3.63, 3.8) is 0 Å². The van der Waals surface area contributed by atoms with Gasteiger partial charge in [-0.25, -0.2) is 9.79 Å². The van der Waals surface area contributed by atoms with Gasteiger partial charge in [0, 0.05) is 0 Å². The quantitative estimate of drug-likeness (QED) is 0.160. The Morgan fingerprint density at radius 3 is 2.57 bits per heavy atom. The van der Waals surface area contributed by atoms with Crippen molar-refractivity contribution in [3.8, 4) is 5.75 Å². The number of hydrogen-bond donors (Lipinski definition) is 0. The molecule has 0 spiro atoms. The molecule has 214 valence electrons. The number of rotatable bonds is 9. The number of allylic oxidation sites excluding steroid dienone is 2. The fourth-order valence-electron chi connectivity index (χ4n) is 4.90. The van der Waals surface area contributed by atoms with Gasteiger partial charge in [0.25, 0.3) is 5.56 Å². The maximum atomic E-state index is 13.9. The minimum atomic E-state index is -0.638. The second-order valence-corrected chi connectivity index (χ2v) is 11.4. The third-order valence-electron chi connectivity index (χ3n) is 6.89. The lowest BCUT2D eigenvalue weighted by atomic mass is 9.95. The Kier molecular flexibility index (Phi) is 9.12. The number of esters is 1. The predicted molar refractivity (Wildman–Crippen MR) is 168 cm³/mol. The van der Waals surface area contributed by atoms with E-state index in [0.29, 0.717) is 55.8 Å². The van der Waals surface area contributed by atoms with Gasteiger partial charge in [-0.2, -0.15) is 0 Å². The third-order valence-corrected chi connectivity index (χ3v) is 8.61. The number of thiazole rings is 1. The second kappa shape index (κ2) is 12.9. The summed E-state index contributed by atoms with van der Waals surface area (Å²) in [6, 6.07) is 20.0. The summed E-state index contributed by atoms with van der Waals surface area (Å²) < 4.78 is 13.3. The first-order chi connectivity index (χ1) is 20.3. The summed E-state index contributed by atoms with van der Waals surface area (Å²) in [5.41, 5.74) is 4.22. The minimum absolute atomic E-state index is 0.227. The zero-order chi connectivity index (χ0) is 29.8. The summed E-state index contributed by atoms with van der Waals surface area (Å²) >= 11 is 13.5. The predicted octanol–water partition coefficient (Wildman–Crippen LogP) is 6.41.